The van der Waals surface area contributed by atoms with E-state index >= 15 is 0 Å². The molecule has 2 N–H and O–H groups in total. The fourth-order valence-corrected chi connectivity index (χ4v) is 1.90. The molecule has 18 heavy (non-hydrogen) atoms. The molecule has 0 radical (unpaired) electrons. The van der Waals surface area contributed by atoms with Crippen molar-refractivity contribution in [1.82, 2.24) is 9.97 Å². The molecule has 0 saturated carbocycles. The average Bonchev–Trinajstić information content (AvgIpc) is 2.77. The number of hydrogen-bond acceptors (Lipinski definition) is 3. The summed E-state index contributed by atoms with van der Waals surface area (Å²) in [6.45, 7) is 5.60. The molecular weight excluding hydrogens is 228 g/mol. The number of aromatic nitrogens is 2. The van der Waals surface area contributed by atoms with Crippen molar-refractivity contribution in [2.75, 3.05) is 7.11 Å². The molecule has 0 saturated heterocycles. The maximum absolute atomic E-state index is 10.2. The Morgan fingerprint density at radius 3 is 2.83 bits per heavy atom. The van der Waals surface area contributed by atoms with Crippen molar-refractivity contribution in [2.24, 2.45) is 0 Å². The molecule has 0 fully saturated rings. The van der Waals surface area contributed by atoms with E-state index in [0.29, 0.717) is 23.6 Å². The molecule has 1 aromatic carbocycles. The summed E-state index contributed by atoms with van der Waals surface area (Å²) >= 11 is 0. The van der Waals surface area contributed by atoms with Crippen molar-refractivity contribution in [2.45, 2.75) is 13.3 Å². The molecule has 0 amide bonds. The lowest BCUT2D eigenvalue weighted by Gasteiger charge is -2.11. The molecule has 4 nitrogen and oxygen atoms in total. The van der Waals surface area contributed by atoms with E-state index in [9.17, 15) is 5.11 Å². The number of allylic oxidation sites excluding steroid dienone is 1. The van der Waals surface area contributed by atoms with Crippen LogP contribution >= 0.6 is 0 Å². The first-order valence-corrected chi connectivity index (χ1v) is 5.69. The van der Waals surface area contributed by atoms with Crippen molar-refractivity contribution in [3.63, 3.8) is 0 Å². The first-order chi connectivity index (χ1) is 8.67. The highest BCUT2D eigenvalue weighted by molar-refractivity contribution is 5.70. The molecule has 0 aliphatic carbocycles. The van der Waals surface area contributed by atoms with Crippen molar-refractivity contribution < 1.29 is 9.84 Å². The zero-order valence-electron chi connectivity index (χ0n) is 10.5. The fourth-order valence-electron chi connectivity index (χ4n) is 1.90. The van der Waals surface area contributed by atoms with Gasteiger partial charge in [0, 0.05) is 17.5 Å². The standard InChI is InChI=1S/C14H16N2O2/c1-4-5-10-6-7-11(12(17)13(10)18-3)14-15-8-9(2)16-14/h4,6-8,17H,1,5H2,2-3H3,(H,15,16). The highest BCUT2D eigenvalue weighted by atomic mass is 16.5. The topological polar surface area (TPSA) is 58.1 Å². The number of benzene rings is 1. The largest absolute Gasteiger partial charge is 0.504 e. The Morgan fingerprint density at radius 2 is 2.28 bits per heavy atom. The predicted molar refractivity (Wildman–Crippen MR) is 70.9 cm³/mol. The zero-order valence-corrected chi connectivity index (χ0v) is 10.5. The van der Waals surface area contributed by atoms with Crippen LogP contribution in [0.2, 0.25) is 0 Å². The second-order valence-electron chi connectivity index (χ2n) is 4.06. The molecule has 1 aromatic heterocycles. The molecule has 2 aromatic rings. The quantitative estimate of drug-likeness (QED) is 0.813. The van der Waals surface area contributed by atoms with E-state index in [4.69, 9.17) is 4.74 Å². The molecule has 0 aliphatic rings. The van der Waals surface area contributed by atoms with Crippen LogP contribution in [0.15, 0.2) is 31.0 Å². The van der Waals surface area contributed by atoms with Gasteiger partial charge in [-0.3, -0.25) is 0 Å². The minimum atomic E-state index is 0.103. The van der Waals surface area contributed by atoms with E-state index in [1.807, 2.05) is 19.1 Å². The number of phenols is 1. The van der Waals surface area contributed by atoms with Gasteiger partial charge in [-0.05, 0) is 19.4 Å². The minimum Gasteiger partial charge on any atom is -0.504 e. The molecule has 2 rings (SSSR count). The van der Waals surface area contributed by atoms with Crippen LogP contribution in [0.4, 0.5) is 0 Å². The van der Waals surface area contributed by atoms with E-state index in [1.165, 1.54) is 0 Å². The third kappa shape index (κ3) is 2.09. The molecular formula is C14H16N2O2. The first kappa shape index (κ1) is 12.2. The molecule has 0 spiro atoms. The molecule has 0 unspecified atom stereocenters. The van der Waals surface area contributed by atoms with Gasteiger partial charge in [-0.2, -0.15) is 0 Å². The number of nitrogens with zero attached hydrogens (tertiary/aromatic N) is 1. The summed E-state index contributed by atoms with van der Waals surface area (Å²) in [5, 5.41) is 10.2. The van der Waals surface area contributed by atoms with Crippen LogP contribution in [-0.4, -0.2) is 22.2 Å². The Balaban J connectivity index is 2.54. The van der Waals surface area contributed by atoms with Crippen LogP contribution < -0.4 is 4.74 Å². The molecule has 0 bridgehead atoms. The van der Waals surface area contributed by atoms with Crippen molar-refractivity contribution in [1.29, 1.82) is 0 Å². The van der Waals surface area contributed by atoms with Gasteiger partial charge in [0.15, 0.2) is 11.5 Å². The summed E-state index contributed by atoms with van der Waals surface area (Å²) in [5.41, 5.74) is 2.48. The first-order valence-electron chi connectivity index (χ1n) is 5.69. The minimum absolute atomic E-state index is 0.103. The van der Waals surface area contributed by atoms with Gasteiger partial charge in [0.1, 0.15) is 5.82 Å². The van der Waals surface area contributed by atoms with Crippen LogP contribution in [0.3, 0.4) is 0 Å². The number of nitrogens with one attached hydrogen (secondary N) is 1. The number of ether oxygens (including phenoxy) is 1. The fraction of sp³-hybridized carbons (Fsp3) is 0.214. The lowest BCUT2D eigenvalue weighted by molar-refractivity contribution is 0.371. The highest BCUT2D eigenvalue weighted by Gasteiger charge is 2.15. The van der Waals surface area contributed by atoms with Gasteiger partial charge in [-0.1, -0.05) is 12.1 Å². The normalized spacial score (nSPS) is 10.3. The second kappa shape index (κ2) is 4.96. The molecule has 0 aliphatic heterocycles. The van der Waals surface area contributed by atoms with Crippen LogP contribution in [0.1, 0.15) is 11.3 Å². The Kier molecular flexibility index (Phi) is 3.37. The van der Waals surface area contributed by atoms with Crippen LogP contribution in [0.25, 0.3) is 11.4 Å². The van der Waals surface area contributed by atoms with E-state index in [2.05, 4.69) is 16.5 Å². The second-order valence-corrected chi connectivity index (χ2v) is 4.06. The summed E-state index contributed by atoms with van der Waals surface area (Å²) in [7, 11) is 1.54. The number of aromatic hydroxyl groups is 1. The molecule has 4 heteroatoms. The molecule has 94 valence electrons. The van der Waals surface area contributed by atoms with Crippen molar-refractivity contribution >= 4 is 0 Å². The average molecular weight is 244 g/mol. The van der Waals surface area contributed by atoms with E-state index in [1.54, 1.807) is 19.4 Å². The monoisotopic (exact) mass is 244 g/mol. The number of methoxy groups -OCH3 is 1. The van der Waals surface area contributed by atoms with Crippen molar-refractivity contribution in [3.8, 4) is 22.9 Å². The van der Waals surface area contributed by atoms with Crippen LogP contribution in [0, 0.1) is 6.92 Å². The number of phenolic OH excluding ortho intramolecular Hbond substituents is 1. The number of aryl methyl sites for hydroxylation is 1. The van der Waals surface area contributed by atoms with Gasteiger partial charge in [0.25, 0.3) is 0 Å². The third-order valence-electron chi connectivity index (χ3n) is 2.74. The van der Waals surface area contributed by atoms with Gasteiger partial charge < -0.3 is 14.8 Å². The maximum Gasteiger partial charge on any atom is 0.169 e. The number of imidazole rings is 1. The lowest BCUT2D eigenvalue weighted by Crippen LogP contribution is -1.94. The van der Waals surface area contributed by atoms with Gasteiger partial charge >= 0.3 is 0 Å². The Labute approximate surface area is 106 Å². The highest BCUT2D eigenvalue weighted by Crippen LogP contribution is 2.38. The van der Waals surface area contributed by atoms with Gasteiger partial charge in [-0.15, -0.1) is 6.58 Å². The molecule has 1 heterocycles. The SMILES string of the molecule is C=CCc1ccc(-c2ncc(C)[nH]2)c(O)c1OC. The van der Waals surface area contributed by atoms with E-state index in [0.717, 1.165) is 11.3 Å². The van der Waals surface area contributed by atoms with Crippen LogP contribution in [0.5, 0.6) is 11.5 Å². The Hall–Kier alpha value is -2.23. The van der Waals surface area contributed by atoms with Crippen molar-refractivity contribution in [3.05, 3.63) is 42.2 Å². The van der Waals surface area contributed by atoms with Gasteiger partial charge in [-0.25, -0.2) is 4.98 Å². The summed E-state index contributed by atoms with van der Waals surface area (Å²) in [5.74, 6) is 1.21. The zero-order chi connectivity index (χ0) is 13.1. The summed E-state index contributed by atoms with van der Waals surface area (Å²) in [6, 6.07) is 3.74. The summed E-state index contributed by atoms with van der Waals surface area (Å²) in [6.07, 6.45) is 4.14. The predicted octanol–water partition coefficient (Wildman–Crippen LogP) is 2.83. The Bertz CT molecular complexity index is 573. The smallest absolute Gasteiger partial charge is 0.169 e. The number of hydrogen-bond donors (Lipinski definition) is 2. The summed E-state index contributed by atoms with van der Waals surface area (Å²) < 4.78 is 5.26. The summed E-state index contributed by atoms with van der Waals surface area (Å²) in [4.78, 5) is 7.30. The molecule has 0 atom stereocenters. The van der Waals surface area contributed by atoms with E-state index < -0.39 is 0 Å². The van der Waals surface area contributed by atoms with E-state index in [-0.39, 0.29) is 5.75 Å². The Morgan fingerprint density at radius 1 is 1.50 bits per heavy atom. The van der Waals surface area contributed by atoms with Gasteiger partial charge in [0.05, 0.1) is 12.7 Å². The number of H-pyrrole nitrogens is 1. The number of rotatable bonds is 4. The maximum atomic E-state index is 10.2. The van der Waals surface area contributed by atoms with Gasteiger partial charge in [0.2, 0.25) is 0 Å². The number of aromatic amines is 1. The third-order valence-corrected chi connectivity index (χ3v) is 2.74. The van der Waals surface area contributed by atoms with Crippen LogP contribution in [-0.2, 0) is 6.42 Å². The lowest BCUT2D eigenvalue weighted by atomic mass is 10.1.